The van der Waals surface area contributed by atoms with E-state index in [0.717, 1.165) is 55.8 Å². The molecule has 0 aliphatic heterocycles. The summed E-state index contributed by atoms with van der Waals surface area (Å²) >= 11 is 0. The van der Waals surface area contributed by atoms with E-state index in [2.05, 4.69) is 55.8 Å². The highest BCUT2D eigenvalue weighted by Crippen LogP contribution is 2.40. The molecule has 1 aliphatic carbocycles. The number of ether oxygens (including phenoxy) is 2. The van der Waals surface area contributed by atoms with Crippen molar-refractivity contribution >= 4 is 5.69 Å². The van der Waals surface area contributed by atoms with Crippen LogP contribution in [0.15, 0.2) is 54.6 Å². The van der Waals surface area contributed by atoms with E-state index < -0.39 is 0 Å². The lowest BCUT2D eigenvalue weighted by Gasteiger charge is -2.35. The zero-order valence-electron chi connectivity index (χ0n) is 24.0. The highest BCUT2D eigenvalue weighted by atomic mass is 19.1. The molecule has 0 heterocycles. The number of hydrogen-bond acceptors (Lipinski definition) is 5. The van der Waals surface area contributed by atoms with Crippen LogP contribution in [0.25, 0.3) is 0 Å². The molecular weight excluding hydrogens is 491 g/mol. The second-order valence-electron chi connectivity index (χ2n) is 11.0. The largest absolute Gasteiger partial charge is 0.508 e. The van der Waals surface area contributed by atoms with Gasteiger partial charge in [0, 0.05) is 30.9 Å². The van der Waals surface area contributed by atoms with Gasteiger partial charge >= 0.3 is 0 Å². The molecule has 5 nitrogen and oxygen atoms in total. The number of nitrogens with zero attached hydrogens (tertiary/aromatic N) is 2. The summed E-state index contributed by atoms with van der Waals surface area (Å²) in [6, 6.07) is 17.6. The summed E-state index contributed by atoms with van der Waals surface area (Å²) in [5, 5.41) is 9.91. The molecule has 0 saturated heterocycles. The van der Waals surface area contributed by atoms with Gasteiger partial charge in [0.05, 0.1) is 7.11 Å². The third kappa shape index (κ3) is 7.24. The molecule has 0 unspecified atom stereocenters. The molecule has 1 atom stereocenters. The van der Waals surface area contributed by atoms with Crippen LogP contribution in [0.4, 0.5) is 10.1 Å². The van der Waals surface area contributed by atoms with Crippen molar-refractivity contribution in [3.63, 3.8) is 0 Å². The van der Waals surface area contributed by atoms with Gasteiger partial charge < -0.3 is 24.4 Å². The highest BCUT2D eigenvalue weighted by molar-refractivity contribution is 5.60. The van der Waals surface area contributed by atoms with Crippen molar-refractivity contribution in [3.8, 4) is 17.2 Å². The summed E-state index contributed by atoms with van der Waals surface area (Å²) in [6.07, 6.45) is 3.95. The molecule has 3 aromatic carbocycles. The molecule has 3 aromatic rings. The fraction of sp³-hybridized carbons (Fsp3) is 0.455. The quantitative estimate of drug-likeness (QED) is 0.272. The zero-order chi connectivity index (χ0) is 27.9. The number of methoxy groups -OCH3 is 1. The number of aryl methyl sites for hydroxylation is 1. The Bertz CT molecular complexity index is 1250. The number of halogens is 1. The van der Waals surface area contributed by atoms with E-state index in [4.69, 9.17) is 9.47 Å². The topological polar surface area (TPSA) is 45.2 Å². The van der Waals surface area contributed by atoms with E-state index >= 15 is 4.39 Å². The highest BCUT2D eigenvalue weighted by Gasteiger charge is 2.26. The minimum absolute atomic E-state index is 0.191. The van der Waals surface area contributed by atoms with Crippen LogP contribution in [0.2, 0.25) is 0 Å². The van der Waals surface area contributed by atoms with Crippen LogP contribution in [0, 0.1) is 5.82 Å². The Morgan fingerprint density at radius 2 is 1.85 bits per heavy atom. The van der Waals surface area contributed by atoms with Crippen LogP contribution in [0.3, 0.4) is 0 Å². The average molecular weight is 535 g/mol. The number of aromatic hydroxyl groups is 1. The second kappa shape index (κ2) is 13.2. The van der Waals surface area contributed by atoms with Gasteiger partial charge in [-0.3, -0.25) is 0 Å². The first-order valence-electron chi connectivity index (χ1n) is 14.1. The molecule has 0 bridgehead atoms. The van der Waals surface area contributed by atoms with Crippen molar-refractivity contribution in [2.75, 3.05) is 38.8 Å². The van der Waals surface area contributed by atoms with Gasteiger partial charge in [-0.1, -0.05) is 25.1 Å². The first-order chi connectivity index (χ1) is 18.8. The molecule has 0 saturated carbocycles. The van der Waals surface area contributed by atoms with E-state index in [0.29, 0.717) is 30.6 Å². The minimum Gasteiger partial charge on any atom is -0.508 e. The fourth-order valence-corrected chi connectivity index (χ4v) is 5.56. The number of fused-ring (bicyclic) bond motifs is 1. The van der Waals surface area contributed by atoms with Crippen LogP contribution < -0.4 is 14.4 Å². The molecule has 39 heavy (non-hydrogen) atoms. The van der Waals surface area contributed by atoms with Crippen molar-refractivity contribution in [1.82, 2.24) is 4.90 Å². The molecule has 1 N–H and O–H groups in total. The van der Waals surface area contributed by atoms with E-state index in [1.165, 1.54) is 16.7 Å². The van der Waals surface area contributed by atoms with Gasteiger partial charge in [-0.25, -0.2) is 4.39 Å². The predicted molar refractivity (Wildman–Crippen MR) is 157 cm³/mol. The van der Waals surface area contributed by atoms with Crippen LogP contribution in [-0.2, 0) is 19.4 Å². The Labute approximate surface area is 233 Å². The molecule has 0 amide bonds. The summed E-state index contributed by atoms with van der Waals surface area (Å²) in [6.45, 7) is 9.28. The average Bonchev–Trinajstić information content (AvgIpc) is 2.92. The number of phenolic OH excluding ortho intramolecular Hbond substituents is 1. The van der Waals surface area contributed by atoms with Gasteiger partial charge in [-0.2, -0.15) is 0 Å². The monoisotopic (exact) mass is 534 g/mol. The van der Waals surface area contributed by atoms with Crippen molar-refractivity contribution in [3.05, 3.63) is 82.7 Å². The smallest absolute Gasteiger partial charge is 0.165 e. The molecule has 1 aliphatic rings. The van der Waals surface area contributed by atoms with E-state index in [9.17, 15) is 5.11 Å². The third-order valence-electron chi connectivity index (χ3n) is 7.71. The van der Waals surface area contributed by atoms with Crippen molar-refractivity contribution in [2.45, 2.75) is 65.0 Å². The van der Waals surface area contributed by atoms with Crippen molar-refractivity contribution < 1.29 is 19.0 Å². The van der Waals surface area contributed by atoms with Gasteiger partial charge in [-0.05, 0) is 112 Å². The number of likely N-dealkylation sites (N-methyl/N-ethyl adjacent to an activating group) is 1. The molecule has 0 aromatic heterocycles. The Morgan fingerprint density at radius 1 is 1.03 bits per heavy atom. The van der Waals surface area contributed by atoms with Crippen molar-refractivity contribution in [2.24, 2.45) is 0 Å². The Morgan fingerprint density at radius 3 is 2.56 bits per heavy atom. The second-order valence-corrected chi connectivity index (χ2v) is 11.0. The lowest BCUT2D eigenvalue weighted by atomic mass is 9.79. The van der Waals surface area contributed by atoms with Gasteiger partial charge in [0.15, 0.2) is 11.6 Å². The minimum atomic E-state index is -0.327. The maximum Gasteiger partial charge on any atom is 0.165 e. The van der Waals surface area contributed by atoms with E-state index in [-0.39, 0.29) is 11.9 Å². The maximum atomic E-state index is 15.0. The molecule has 0 fully saturated rings. The van der Waals surface area contributed by atoms with Gasteiger partial charge in [0.25, 0.3) is 0 Å². The molecule has 0 radical (unpaired) electrons. The molecule has 6 heteroatoms. The van der Waals surface area contributed by atoms with Crippen LogP contribution in [0.1, 0.15) is 61.8 Å². The first kappa shape index (κ1) is 28.8. The lowest BCUT2D eigenvalue weighted by molar-refractivity contribution is 0.231. The number of hydrogen-bond donors (Lipinski definition) is 1. The summed E-state index contributed by atoms with van der Waals surface area (Å²) in [5.41, 5.74) is 5.82. The standard InChI is InChI=1S/C33H43FN2O3/c1-6-15-35(4)16-17-39-33-14-7-24(18-31(33)34)22-36(23(2)3)32-21-29(38-5)12-13-30(32)27-9-8-26-20-28(37)11-10-25(26)19-27/h7,10-14,18,20-21,23,27,37H,6,8-9,15-17,19,22H2,1-5H3/t27-/m1/s1. The van der Waals surface area contributed by atoms with Crippen LogP contribution >= 0.6 is 0 Å². The SMILES string of the molecule is CCCN(C)CCOc1ccc(CN(c2cc(OC)ccc2[C@@H]2CCc3cc(O)ccc3C2)C(C)C)cc1F. The summed E-state index contributed by atoms with van der Waals surface area (Å²) in [4.78, 5) is 4.52. The number of anilines is 1. The fourth-order valence-electron chi connectivity index (χ4n) is 5.56. The summed E-state index contributed by atoms with van der Waals surface area (Å²) in [7, 11) is 3.74. The van der Waals surface area contributed by atoms with Gasteiger partial charge in [-0.15, -0.1) is 0 Å². The van der Waals surface area contributed by atoms with Crippen LogP contribution in [-0.4, -0.2) is 49.9 Å². The predicted octanol–water partition coefficient (Wildman–Crippen LogP) is 6.95. The van der Waals surface area contributed by atoms with Gasteiger partial charge in [0.2, 0.25) is 0 Å². The number of rotatable bonds is 12. The zero-order valence-corrected chi connectivity index (χ0v) is 24.0. The van der Waals surface area contributed by atoms with E-state index in [1.54, 1.807) is 25.3 Å². The normalized spacial score (nSPS) is 14.9. The van der Waals surface area contributed by atoms with Crippen molar-refractivity contribution in [1.29, 1.82) is 0 Å². The lowest BCUT2D eigenvalue weighted by Crippen LogP contribution is -2.32. The third-order valence-corrected chi connectivity index (χ3v) is 7.71. The number of phenols is 1. The van der Waals surface area contributed by atoms with Gasteiger partial charge in [0.1, 0.15) is 18.1 Å². The van der Waals surface area contributed by atoms with Crippen LogP contribution in [0.5, 0.6) is 17.2 Å². The molecule has 210 valence electrons. The molecular formula is C33H43FN2O3. The Kier molecular flexibility index (Phi) is 9.73. The maximum absolute atomic E-state index is 15.0. The summed E-state index contributed by atoms with van der Waals surface area (Å²) in [5.74, 6) is 1.46. The Balaban J connectivity index is 1.55. The summed E-state index contributed by atoms with van der Waals surface area (Å²) < 4.78 is 26.4. The number of benzene rings is 3. The van der Waals surface area contributed by atoms with E-state index in [1.807, 2.05) is 18.2 Å². The Hall–Kier alpha value is -3.25. The molecule has 4 rings (SSSR count). The first-order valence-corrected chi connectivity index (χ1v) is 14.1. The molecule has 0 spiro atoms.